The van der Waals surface area contributed by atoms with Crippen molar-refractivity contribution in [1.29, 1.82) is 0 Å². The topological polar surface area (TPSA) is 56.8 Å². The van der Waals surface area contributed by atoms with Crippen molar-refractivity contribution in [3.05, 3.63) is 53.8 Å². The summed E-state index contributed by atoms with van der Waals surface area (Å²) >= 11 is 0. The number of hydrogen-bond acceptors (Lipinski definition) is 4. The number of allylic oxidation sites excluding steroid dienone is 3. The van der Waals surface area contributed by atoms with Crippen LogP contribution in [0.3, 0.4) is 0 Å². The molecule has 1 saturated heterocycles. The summed E-state index contributed by atoms with van der Waals surface area (Å²) in [5, 5.41) is 2.70. The van der Waals surface area contributed by atoms with Gasteiger partial charge in [-0.25, -0.2) is 4.79 Å². The number of benzene rings is 1. The second-order valence-corrected chi connectivity index (χ2v) is 7.33. The van der Waals surface area contributed by atoms with Crippen molar-refractivity contribution in [3.63, 3.8) is 0 Å². The normalized spacial score (nSPS) is 20.5. The maximum Gasteiger partial charge on any atom is 0.494 e. The average Bonchev–Trinajstić information content (AvgIpc) is 3.12. The molecule has 1 aromatic carbocycles. The predicted molar refractivity (Wildman–Crippen MR) is 97.3 cm³/mol. The summed E-state index contributed by atoms with van der Waals surface area (Å²) in [6.07, 6.45) is 6.16. The Kier molecular flexibility index (Phi) is 4.76. The highest BCUT2D eigenvalue weighted by atomic mass is 16.7. The van der Waals surface area contributed by atoms with E-state index in [4.69, 9.17) is 14.0 Å². The van der Waals surface area contributed by atoms with Gasteiger partial charge in [0, 0.05) is 5.70 Å². The van der Waals surface area contributed by atoms with Crippen LogP contribution in [0.1, 0.15) is 39.7 Å². The van der Waals surface area contributed by atoms with Crippen LogP contribution >= 0.6 is 0 Å². The molecule has 3 rings (SSSR count). The highest BCUT2D eigenvalue weighted by molar-refractivity contribution is 6.62. The lowest BCUT2D eigenvalue weighted by Crippen LogP contribution is -2.41. The minimum Gasteiger partial charge on any atom is -0.444 e. The SMILES string of the molecule is CC1(C)OB(c2ccc(COC(=O)NC3=CCC=C3)cc2)OC1(C)C. The number of ether oxygens (including phenoxy) is 1. The molecule has 1 amide bonds. The van der Waals surface area contributed by atoms with E-state index < -0.39 is 6.09 Å². The second kappa shape index (κ2) is 6.69. The van der Waals surface area contributed by atoms with Gasteiger partial charge >= 0.3 is 13.2 Å². The number of nitrogens with one attached hydrogen (secondary N) is 1. The molecule has 1 aromatic rings. The van der Waals surface area contributed by atoms with Crippen molar-refractivity contribution in [3.8, 4) is 0 Å². The first-order chi connectivity index (χ1) is 11.8. The molecule has 0 aromatic heterocycles. The van der Waals surface area contributed by atoms with Gasteiger partial charge in [0.2, 0.25) is 0 Å². The second-order valence-electron chi connectivity index (χ2n) is 7.33. The smallest absolute Gasteiger partial charge is 0.444 e. The molecule has 0 saturated carbocycles. The number of alkyl carbamates (subject to hydrolysis) is 1. The number of rotatable bonds is 4. The molecule has 0 unspecified atom stereocenters. The van der Waals surface area contributed by atoms with Crippen molar-refractivity contribution in [2.24, 2.45) is 0 Å². The summed E-state index contributed by atoms with van der Waals surface area (Å²) in [6.45, 7) is 8.34. The monoisotopic (exact) mass is 341 g/mol. The fourth-order valence-corrected chi connectivity index (χ4v) is 2.60. The van der Waals surface area contributed by atoms with Crippen molar-refractivity contribution in [2.45, 2.75) is 51.9 Å². The molecule has 0 spiro atoms. The van der Waals surface area contributed by atoms with Gasteiger partial charge in [-0.1, -0.05) is 36.4 Å². The molecule has 25 heavy (non-hydrogen) atoms. The summed E-state index contributed by atoms with van der Waals surface area (Å²) in [4.78, 5) is 11.7. The molecule has 5 nitrogen and oxygen atoms in total. The molecule has 0 bridgehead atoms. The Labute approximate surface area is 149 Å². The molecule has 0 radical (unpaired) electrons. The van der Waals surface area contributed by atoms with E-state index in [1.165, 1.54) is 0 Å². The fourth-order valence-electron chi connectivity index (χ4n) is 2.60. The Morgan fingerprint density at radius 1 is 1.16 bits per heavy atom. The minimum absolute atomic E-state index is 0.215. The van der Waals surface area contributed by atoms with Crippen molar-refractivity contribution in [1.82, 2.24) is 5.32 Å². The molecule has 6 heteroatoms. The van der Waals surface area contributed by atoms with E-state index in [0.717, 1.165) is 23.1 Å². The Morgan fingerprint density at radius 3 is 2.36 bits per heavy atom. The van der Waals surface area contributed by atoms with Gasteiger partial charge in [-0.3, -0.25) is 5.32 Å². The lowest BCUT2D eigenvalue weighted by Gasteiger charge is -2.32. The van der Waals surface area contributed by atoms with Crippen LogP contribution in [0.2, 0.25) is 0 Å². The van der Waals surface area contributed by atoms with Gasteiger partial charge in [-0.05, 0) is 51.2 Å². The van der Waals surface area contributed by atoms with E-state index in [1.807, 2.05) is 70.2 Å². The Bertz CT molecular complexity index is 691. The standard InChI is InChI=1S/C19H24BNO4/c1-18(2)19(3,4)25-20(24-18)15-11-9-14(10-12-15)13-23-17(22)21-16-7-5-6-8-16/h5,7-12H,6,13H2,1-4H3,(H,21,22). The highest BCUT2D eigenvalue weighted by Gasteiger charge is 2.51. The molecule has 132 valence electrons. The van der Waals surface area contributed by atoms with Crippen LogP contribution < -0.4 is 10.8 Å². The summed E-state index contributed by atoms with van der Waals surface area (Å²) in [5.41, 5.74) is 1.92. The summed E-state index contributed by atoms with van der Waals surface area (Å²) in [6, 6.07) is 7.73. The quantitative estimate of drug-likeness (QED) is 0.856. The van der Waals surface area contributed by atoms with Crippen LogP contribution in [0.5, 0.6) is 0 Å². The third-order valence-corrected chi connectivity index (χ3v) is 4.89. The van der Waals surface area contributed by atoms with E-state index >= 15 is 0 Å². The maximum atomic E-state index is 11.7. The summed E-state index contributed by atoms with van der Waals surface area (Å²) < 4.78 is 17.3. The van der Waals surface area contributed by atoms with Crippen LogP contribution in [-0.2, 0) is 20.7 Å². The van der Waals surface area contributed by atoms with E-state index in [9.17, 15) is 4.79 Å². The van der Waals surface area contributed by atoms with Gasteiger partial charge < -0.3 is 14.0 Å². The average molecular weight is 341 g/mol. The third-order valence-electron chi connectivity index (χ3n) is 4.89. The largest absolute Gasteiger partial charge is 0.494 e. The van der Waals surface area contributed by atoms with Crippen LogP contribution in [-0.4, -0.2) is 24.4 Å². The van der Waals surface area contributed by atoms with E-state index in [0.29, 0.717) is 0 Å². The van der Waals surface area contributed by atoms with Gasteiger partial charge in [0.05, 0.1) is 11.2 Å². The molecule has 0 atom stereocenters. The van der Waals surface area contributed by atoms with Crippen LogP contribution in [0.15, 0.2) is 48.2 Å². The van der Waals surface area contributed by atoms with E-state index in [1.54, 1.807) is 0 Å². The van der Waals surface area contributed by atoms with Gasteiger partial charge in [0.15, 0.2) is 0 Å². The van der Waals surface area contributed by atoms with Gasteiger partial charge in [-0.15, -0.1) is 0 Å². The molecular formula is C19H24BNO4. The zero-order chi connectivity index (χ0) is 18.1. The molecule has 2 aliphatic rings. The van der Waals surface area contributed by atoms with Gasteiger partial charge in [0.1, 0.15) is 6.61 Å². The lowest BCUT2D eigenvalue weighted by atomic mass is 9.79. The zero-order valence-corrected chi connectivity index (χ0v) is 15.2. The van der Waals surface area contributed by atoms with Gasteiger partial charge in [-0.2, -0.15) is 0 Å². The highest BCUT2D eigenvalue weighted by Crippen LogP contribution is 2.36. The zero-order valence-electron chi connectivity index (χ0n) is 15.2. The van der Waals surface area contributed by atoms with E-state index in [2.05, 4.69) is 5.32 Å². The number of carbonyl (C=O) groups is 1. The molecule has 1 aliphatic carbocycles. The first-order valence-corrected chi connectivity index (χ1v) is 8.52. The summed E-state index contributed by atoms with van der Waals surface area (Å²) in [7, 11) is -0.385. The third kappa shape index (κ3) is 3.97. The number of hydrogen-bond donors (Lipinski definition) is 1. The predicted octanol–water partition coefficient (Wildman–Crippen LogP) is 3.06. The first kappa shape index (κ1) is 17.8. The minimum atomic E-state index is -0.451. The lowest BCUT2D eigenvalue weighted by molar-refractivity contribution is 0.00578. The molecule has 1 N–H and O–H groups in total. The molecule has 1 aliphatic heterocycles. The van der Waals surface area contributed by atoms with Gasteiger partial charge in [0.25, 0.3) is 0 Å². The van der Waals surface area contributed by atoms with Crippen molar-refractivity contribution >= 4 is 18.7 Å². The van der Waals surface area contributed by atoms with E-state index in [-0.39, 0.29) is 24.9 Å². The van der Waals surface area contributed by atoms with Crippen molar-refractivity contribution in [2.75, 3.05) is 0 Å². The molecule has 1 fully saturated rings. The van der Waals surface area contributed by atoms with Crippen LogP contribution in [0, 0.1) is 0 Å². The Hall–Kier alpha value is -2.05. The number of carbonyl (C=O) groups excluding carboxylic acids is 1. The first-order valence-electron chi connectivity index (χ1n) is 8.52. The van der Waals surface area contributed by atoms with Crippen LogP contribution in [0.4, 0.5) is 4.79 Å². The molecular weight excluding hydrogens is 317 g/mol. The maximum absolute atomic E-state index is 11.7. The number of amides is 1. The van der Waals surface area contributed by atoms with Crippen LogP contribution in [0.25, 0.3) is 0 Å². The summed E-state index contributed by atoms with van der Waals surface area (Å²) in [5.74, 6) is 0. The Morgan fingerprint density at radius 2 is 1.80 bits per heavy atom. The Balaban J connectivity index is 1.54. The van der Waals surface area contributed by atoms with Crippen molar-refractivity contribution < 1.29 is 18.8 Å². The fraction of sp³-hybridized carbons (Fsp3) is 0.421. The molecule has 1 heterocycles.